The van der Waals surface area contributed by atoms with Crippen molar-refractivity contribution in [3.8, 4) is 11.5 Å². The van der Waals surface area contributed by atoms with E-state index >= 15 is 0 Å². The first kappa shape index (κ1) is 20.5. The van der Waals surface area contributed by atoms with Crippen LogP contribution in [0, 0.1) is 0 Å². The minimum absolute atomic E-state index is 0.0228. The van der Waals surface area contributed by atoms with Gasteiger partial charge in [-0.15, -0.1) is 0 Å². The number of hydrogen-bond acceptors (Lipinski definition) is 4. The second-order valence-corrected chi connectivity index (χ2v) is 7.26. The normalized spacial score (nSPS) is 12.6. The van der Waals surface area contributed by atoms with Crippen LogP contribution < -0.4 is 19.7 Å². The highest BCUT2D eigenvalue weighted by molar-refractivity contribution is 5.99. The average molecular weight is 416 g/mol. The van der Waals surface area contributed by atoms with E-state index in [0.29, 0.717) is 29.4 Å². The Hall–Kier alpha value is -3.80. The first-order valence-electron chi connectivity index (χ1n) is 10.3. The number of hydrogen-bond donors (Lipinski definition) is 1. The van der Waals surface area contributed by atoms with Crippen molar-refractivity contribution < 1.29 is 19.1 Å². The highest BCUT2D eigenvalue weighted by Crippen LogP contribution is 2.34. The molecule has 2 amide bonds. The topological polar surface area (TPSA) is 67.9 Å². The van der Waals surface area contributed by atoms with E-state index in [1.165, 1.54) is 5.56 Å². The van der Waals surface area contributed by atoms with Crippen molar-refractivity contribution in [2.45, 2.75) is 12.8 Å². The van der Waals surface area contributed by atoms with Gasteiger partial charge in [0.25, 0.3) is 11.8 Å². The zero-order valence-electron chi connectivity index (χ0n) is 17.1. The number of ether oxygens (including phenoxy) is 2. The van der Waals surface area contributed by atoms with Gasteiger partial charge in [0.1, 0.15) is 11.5 Å². The second-order valence-electron chi connectivity index (χ2n) is 7.26. The maximum atomic E-state index is 12.5. The SMILES string of the molecule is O=C(COc1ccccc1)Nc1ccc2c(c1)N(CCCc1ccccc1)C(=O)CO2. The summed E-state index contributed by atoms with van der Waals surface area (Å²) in [5, 5.41) is 2.82. The molecule has 6 heteroatoms. The molecule has 0 fully saturated rings. The molecule has 0 bridgehead atoms. The molecule has 3 aromatic carbocycles. The molecule has 1 N–H and O–H groups in total. The molecule has 0 saturated heterocycles. The summed E-state index contributed by atoms with van der Waals surface area (Å²) in [5.74, 6) is 0.906. The number of carbonyl (C=O) groups is 2. The summed E-state index contributed by atoms with van der Waals surface area (Å²) in [7, 11) is 0. The van der Waals surface area contributed by atoms with E-state index in [9.17, 15) is 9.59 Å². The number of anilines is 2. The number of para-hydroxylation sites is 1. The molecule has 0 spiro atoms. The van der Waals surface area contributed by atoms with Gasteiger partial charge in [0.15, 0.2) is 13.2 Å². The Morgan fingerprint density at radius 1 is 1.00 bits per heavy atom. The predicted octanol–water partition coefficient (Wildman–Crippen LogP) is 4.06. The van der Waals surface area contributed by atoms with Crippen LogP contribution >= 0.6 is 0 Å². The van der Waals surface area contributed by atoms with Gasteiger partial charge in [-0.05, 0) is 48.7 Å². The van der Waals surface area contributed by atoms with Gasteiger partial charge in [0.05, 0.1) is 5.69 Å². The highest BCUT2D eigenvalue weighted by atomic mass is 16.5. The lowest BCUT2D eigenvalue weighted by Crippen LogP contribution is -2.39. The summed E-state index contributed by atoms with van der Waals surface area (Å²) < 4.78 is 11.1. The molecule has 0 aromatic heterocycles. The van der Waals surface area contributed by atoms with Crippen molar-refractivity contribution in [3.63, 3.8) is 0 Å². The van der Waals surface area contributed by atoms with Gasteiger partial charge in [0.2, 0.25) is 0 Å². The van der Waals surface area contributed by atoms with Gasteiger partial charge in [-0.25, -0.2) is 0 Å². The Morgan fingerprint density at radius 3 is 2.52 bits per heavy atom. The molecule has 1 aliphatic rings. The van der Waals surface area contributed by atoms with E-state index < -0.39 is 0 Å². The second kappa shape index (κ2) is 9.80. The van der Waals surface area contributed by atoms with Gasteiger partial charge in [-0.3, -0.25) is 9.59 Å². The smallest absolute Gasteiger partial charge is 0.265 e. The van der Waals surface area contributed by atoms with Crippen LogP contribution in [0.1, 0.15) is 12.0 Å². The third-order valence-electron chi connectivity index (χ3n) is 4.99. The minimum atomic E-state index is -0.275. The Morgan fingerprint density at radius 2 is 1.74 bits per heavy atom. The van der Waals surface area contributed by atoms with Crippen molar-refractivity contribution in [2.75, 3.05) is 30.0 Å². The summed E-state index contributed by atoms with van der Waals surface area (Å²) in [6, 6.07) is 24.7. The average Bonchev–Trinajstić information content (AvgIpc) is 2.80. The minimum Gasteiger partial charge on any atom is -0.484 e. The fourth-order valence-corrected chi connectivity index (χ4v) is 3.47. The summed E-state index contributed by atoms with van der Waals surface area (Å²) >= 11 is 0. The zero-order chi connectivity index (χ0) is 21.5. The van der Waals surface area contributed by atoms with E-state index in [4.69, 9.17) is 9.47 Å². The van der Waals surface area contributed by atoms with E-state index in [1.54, 1.807) is 35.2 Å². The van der Waals surface area contributed by atoms with E-state index in [-0.39, 0.29) is 25.0 Å². The standard InChI is InChI=1S/C25H24N2O4/c28-24(17-30-21-11-5-2-6-12-21)26-20-13-14-23-22(16-20)27(25(29)18-31-23)15-7-10-19-8-3-1-4-9-19/h1-6,8-9,11-14,16H,7,10,15,17-18H2,(H,26,28). The highest BCUT2D eigenvalue weighted by Gasteiger charge is 2.25. The molecule has 4 rings (SSSR count). The van der Waals surface area contributed by atoms with Crippen LogP contribution in [0.2, 0.25) is 0 Å². The summed E-state index contributed by atoms with van der Waals surface area (Å²) in [6.45, 7) is 0.505. The molecule has 1 aliphatic heterocycles. The van der Waals surface area contributed by atoms with Crippen LogP contribution in [0.25, 0.3) is 0 Å². The predicted molar refractivity (Wildman–Crippen MR) is 120 cm³/mol. The third-order valence-corrected chi connectivity index (χ3v) is 4.99. The van der Waals surface area contributed by atoms with Gasteiger partial charge in [-0.1, -0.05) is 48.5 Å². The third kappa shape index (κ3) is 5.42. The van der Waals surface area contributed by atoms with Crippen LogP contribution in [0.3, 0.4) is 0 Å². The van der Waals surface area contributed by atoms with Crippen LogP contribution in [0.5, 0.6) is 11.5 Å². The fraction of sp³-hybridized carbons (Fsp3) is 0.200. The van der Waals surface area contributed by atoms with Gasteiger partial charge >= 0.3 is 0 Å². The van der Waals surface area contributed by atoms with Gasteiger partial charge < -0.3 is 19.7 Å². The number of rotatable bonds is 8. The first-order chi connectivity index (χ1) is 15.2. The number of fused-ring (bicyclic) bond motifs is 1. The molecule has 1 heterocycles. The Kier molecular flexibility index (Phi) is 6.47. The Balaban J connectivity index is 1.39. The number of amides is 2. The monoisotopic (exact) mass is 416 g/mol. The molecule has 0 atom stereocenters. The van der Waals surface area contributed by atoms with Gasteiger partial charge in [0, 0.05) is 12.2 Å². The molecular formula is C25H24N2O4. The van der Waals surface area contributed by atoms with Crippen molar-refractivity contribution in [3.05, 3.63) is 84.4 Å². The van der Waals surface area contributed by atoms with Crippen LogP contribution in [0.4, 0.5) is 11.4 Å². The van der Waals surface area contributed by atoms with Crippen LogP contribution in [-0.2, 0) is 16.0 Å². The molecule has 6 nitrogen and oxygen atoms in total. The first-order valence-corrected chi connectivity index (χ1v) is 10.3. The molecular weight excluding hydrogens is 392 g/mol. The van der Waals surface area contributed by atoms with E-state index in [1.807, 2.05) is 36.4 Å². The van der Waals surface area contributed by atoms with Crippen molar-refractivity contribution >= 4 is 23.2 Å². The maximum absolute atomic E-state index is 12.5. The van der Waals surface area contributed by atoms with Crippen LogP contribution in [-0.4, -0.2) is 31.6 Å². The maximum Gasteiger partial charge on any atom is 0.265 e. The summed E-state index contributed by atoms with van der Waals surface area (Å²) in [6.07, 6.45) is 1.71. The van der Waals surface area contributed by atoms with Gasteiger partial charge in [-0.2, -0.15) is 0 Å². The lowest BCUT2D eigenvalue weighted by molar-refractivity contribution is -0.121. The van der Waals surface area contributed by atoms with Crippen molar-refractivity contribution in [1.82, 2.24) is 0 Å². The van der Waals surface area contributed by atoms with E-state index in [2.05, 4.69) is 17.4 Å². The number of nitrogens with zero attached hydrogens (tertiary/aromatic N) is 1. The molecule has 31 heavy (non-hydrogen) atoms. The number of nitrogens with one attached hydrogen (secondary N) is 1. The molecule has 0 aliphatic carbocycles. The lowest BCUT2D eigenvalue weighted by atomic mass is 10.1. The lowest BCUT2D eigenvalue weighted by Gasteiger charge is -2.30. The van der Waals surface area contributed by atoms with E-state index in [0.717, 1.165) is 12.8 Å². The number of aryl methyl sites for hydroxylation is 1. The molecule has 158 valence electrons. The molecule has 0 radical (unpaired) electrons. The summed E-state index contributed by atoms with van der Waals surface area (Å²) in [4.78, 5) is 26.5. The van der Waals surface area contributed by atoms with Crippen LogP contribution in [0.15, 0.2) is 78.9 Å². The van der Waals surface area contributed by atoms with Crippen molar-refractivity contribution in [2.24, 2.45) is 0 Å². The Bertz CT molecular complexity index is 1040. The molecule has 0 unspecified atom stereocenters. The molecule has 0 saturated carbocycles. The number of benzene rings is 3. The number of carbonyl (C=O) groups excluding carboxylic acids is 2. The molecule has 3 aromatic rings. The largest absolute Gasteiger partial charge is 0.484 e. The summed E-state index contributed by atoms with van der Waals surface area (Å²) in [5.41, 5.74) is 2.50. The zero-order valence-corrected chi connectivity index (χ0v) is 17.1. The Labute approximate surface area is 181 Å². The quantitative estimate of drug-likeness (QED) is 0.601. The fourth-order valence-electron chi connectivity index (χ4n) is 3.47. The van der Waals surface area contributed by atoms with Crippen molar-refractivity contribution in [1.29, 1.82) is 0 Å².